The molecule has 1 N–H and O–H groups in total. The molecule has 0 aliphatic heterocycles. The van der Waals surface area contributed by atoms with E-state index in [0.29, 0.717) is 33.3 Å². The van der Waals surface area contributed by atoms with Crippen molar-refractivity contribution in [2.75, 3.05) is 6.61 Å². The summed E-state index contributed by atoms with van der Waals surface area (Å²) in [6, 6.07) is 18.7. The van der Waals surface area contributed by atoms with Gasteiger partial charge in [0.15, 0.2) is 0 Å². The van der Waals surface area contributed by atoms with Crippen molar-refractivity contribution in [3.63, 3.8) is 0 Å². The van der Waals surface area contributed by atoms with Crippen LogP contribution in [0.5, 0.6) is 0 Å². The summed E-state index contributed by atoms with van der Waals surface area (Å²) >= 11 is 12.7. The number of Topliss-reactive ketones (excluding diaryl/α,β-unsaturated/α-hetero) is 2. The van der Waals surface area contributed by atoms with Gasteiger partial charge in [-0.1, -0.05) is 59.6 Å². The number of hydrogen-bond donors (Lipinski definition) is 1. The molecular weight excluding hydrogens is 711 g/mol. The van der Waals surface area contributed by atoms with E-state index in [1.54, 1.807) is 38.5 Å². The predicted molar refractivity (Wildman–Crippen MR) is 208 cm³/mol. The van der Waals surface area contributed by atoms with Gasteiger partial charge in [0.05, 0.1) is 30.2 Å². The molecule has 0 radical (unpaired) electrons. The van der Waals surface area contributed by atoms with Gasteiger partial charge in [-0.15, -0.1) is 0 Å². The van der Waals surface area contributed by atoms with E-state index in [0.717, 1.165) is 50.4 Å². The Kier molecular flexibility index (Phi) is 12.8. The minimum atomic E-state index is -0.410. The number of aromatic nitrogens is 4. The van der Waals surface area contributed by atoms with Crippen molar-refractivity contribution in [3.8, 4) is 33.6 Å². The number of ether oxygens (including phenoxy) is 1. The molecule has 4 aromatic heterocycles. The smallest absolute Gasteiger partial charge is 0.340 e. The fourth-order valence-corrected chi connectivity index (χ4v) is 6.39. The lowest BCUT2D eigenvalue weighted by Gasteiger charge is -2.09. The molecule has 0 spiro atoms. The molecule has 53 heavy (non-hydrogen) atoms. The minimum absolute atomic E-state index is 0.0405. The highest BCUT2D eigenvalue weighted by molar-refractivity contribution is 6.33. The largest absolute Gasteiger partial charge is 0.462 e. The monoisotopic (exact) mass is 750 g/mol. The number of hydrogen-bond acceptors (Lipinski definition) is 7. The number of carbonyl (C=O) groups is 3. The van der Waals surface area contributed by atoms with Crippen LogP contribution in [-0.4, -0.2) is 48.4 Å². The standard InChI is InChI=1S/C22H21ClN2O3.C20H19ClN2O2/c1-4-28-22(27)19-13-25(12-18(19)17-7-5-6-8-20(17)23)21-10-16(9-15(3)26)24-11-14(21)2;1-13-9-22-16(7-14(2)25)8-20(13)23-10-15(12-24)18(11-23)17-5-3-4-6-19(17)21/h5-8,10-13H,4,9H2,1-3H3;3-6,8-11,24H,7,12H2,1-2H3. The third-order valence-electron chi connectivity index (χ3n) is 8.41. The molecule has 0 fully saturated rings. The minimum Gasteiger partial charge on any atom is -0.462 e. The lowest BCUT2D eigenvalue weighted by atomic mass is 10.0. The molecule has 4 heterocycles. The number of benzene rings is 2. The summed E-state index contributed by atoms with van der Waals surface area (Å²) < 4.78 is 9.04. The van der Waals surface area contributed by atoms with Crippen LogP contribution in [0.25, 0.3) is 33.6 Å². The van der Waals surface area contributed by atoms with Crippen LogP contribution >= 0.6 is 23.2 Å². The van der Waals surface area contributed by atoms with Crippen molar-refractivity contribution in [1.82, 2.24) is 19.1 Å². The van der Waals surface area contributed by atoms with Crippen LogP contribution in [0.2, 0.25) is 10.0 Å². The molecule has 0 unspecified atom stereocenters. The Morgan fingerprint density at radius 1 is 0.698 bits per heavy atom. The van der Waals surface area contributed by atoms with E-state index in [2.05, 4.69) is 9.97 Å². The molecule has 0 aliphatic rings. The Balaban J connectivity index is 0.000000206. The third-order valence-corrected chi connectivity index (χ3v) is 9.07. The van der Waals surface area contributed by atoms with E-state index in [9.17, 15) is 19.5 Å². The van der Waals surface area contributed by atoms with Crippen molar-refractivity contribution >= 4 is 40.7 Å². The van der Waals surface area contributed by atoms with Gasteiger partial charge in [-0.05, 0) is 70.0 Å². The van der Waals surface area contributed by atoms with E-state index in [4.69, 9.17) is 27.9 Å². The number of ketones is 2. The molecule has 11 heteroatoms. The van der Waals surface area contributed by atoms with Crippen LogP contribution in [0.3, 0.4) is 0 Å². The summed E-state index contributed by atoms with van der Waals surface area (Å²) in [7, 11) is 0. The van der Waals surface area contributed by atoms with Crippen molar-refractivity contribution in [2.45, 2.75) is 54.1 Å². The van der Waals surface area contributed by atoms with Crippen molar-refractivity contribution in [3.05, 3.63) is 142 Å². The molecule has 0 amide bonds. The molecule has 0 saturated carbocycles. The zero-order valence-corrected chi connectivity index (χ0v) is 31.7. The van der Waals surface area contributed by atoms with Gasteiger partial charge in [0.25, 0.3) is 0 Å². The number of nitrogens with zero attached hydrogens (tertiary/aromatic N) is 4. The Hall–Kier alpha value is -5.35. The topological polar surface area (TPSA) is 116 Å². The first kappa shape index (κ1) is 38.9. The van der Waals surface area contributed by atoms with Gasteiger partial charge >= 0.3 is 5.97 Å². The summed E-state index contributed by atoms with van der Waals surface area (Å²) in [6.45, 7) is 8.94. The zero-order valence-electron chi connectivity index (χ0n) is 30.2. The lowest BCUT2D eigenvalue weighted by molar-refractivity contribution is -0.117. The number of aliphatic hydroxyl groups excluding tert-OH is 1. The van der Waals surface area contributed by atoms with Crippen molar-refractivity contribution in [2.24, 2.45) is 0 Å². The van der Waals surface area contributed by atoms with Gasteiger partial charge in [0.2, 0.25) is 0 Å². The number of rotatable bonds is 11. The SMILES string of the molecule is CC(=O)Cc1cc(-n2cc(CO)c(-c3ccccc3Cl)c2)c(C)cn1.CCOC(=O)c1cn(-c2cc(CC(C)=O)ncc2C)cc1-c1ccccc1Cl. The van der Waals surface area contributed by atoms with E-state index in [1.165, 1.54) is 6.92 Å². The normalized spacial score (nSPS) is 10.8. The number of halogens is 2. The van der Waals surface area contributed by atoms with Gasteiger partial charge in [-0.2, -0.15) is 0 Å². The van der Waals surface area contributed by atoms with Crippen molar-refractivity contribution < 1.29 is 24.2 Å². The number of esters is 1. The van der Waals surface area contributed by atoms with E-state index in [1.807, 2.05) is 96.2 Å². The Bertz CT molecular complexity index is 2290. The molecule has 2 aromatic carbocycles. The van der Waals surface area contributed by atoms with Gasteiger partial charge in [-0.3, -0.25) is 19.6 Å². The molecule has 0 saturated heterocycles. The van der Waals surface area contributed by atoms with Crippen LogP contribution in [0.1, 0.15) is 59.2 Å². The van der Waals surface area contributed by atoms with Crippen LogP contribution in [0.15, 0.2) is 97.8 Å². The Labute approximate surface area is 318 Å². The highest BCUT2D eigenvalue weighted by atomic mass is 35.5. The van der Waals surface area contributed by atoms with Gasteiger partial charge in [-0.25, -0.2) is 4.79 Å². The first-order valence-electron chi connectivity index (χ1n) is 17.0. The zero-order chi connectivity index (χ0) is 38.2. The summed E-state index contributed by atoms with van der Waals surface area (Å²) in [4.78, 5) is 44.0. The fraction of sp³-hybridized carbons (Fsp3) is 0.214. The lowest BCUT2D eigenvalue weighted by Crippen LogP contribution is -2.05. The van der Waals surface area contributed by atoms with E-state index in [-0.39, 0.29) is 31.2 Å². The average molecular weight is 752 g/mol. The summed E-state index contributed by atoms with van der Waals surface area (Å²) in [5, 5.41) is 10.9. The van der Waals surface area contributed by atoms with E-state index >= 15 is 0 Å². The summed E-state index contributed by atoms with van der Waals surface area (Å²) in [5.41, 5.74) is 9.51. The maximum Gasteiger partial charge on any atom is 0.340 e. The molecule has 0 atom stereocenters. The van der Waals surface area contributed by atoms with E-state index < -0.39 is 5.97 Å². The van der Waals surface area contributed by atoms with Crippen LogP contribution in [0.4, 0.5) is 0 Å². The molecule has 6 rings (SSSR count). The third kappa shape index (κ3) is 9.37. The van der Waals surface area contributed by atoms with Gasteiger partial charge in [0.1, 0.15) is 11.6 Å². The molecule has 272 valence electrons. The van der Waals surface area contributed by atoms with Gasteiger partial charge < -0.3 is 19.0 Å². The first-order chi connectivity index (χ1) is 25.4. The highest BCUT2D eigenvalue weighted by Gasteiger charge is 2.20. The molecule has 0 bridgehead atoms. The van der Waals surface area contributed by atoms with Crippen LogP contribution < -0.4 is 0 Å². The number of aryl methyl sites for hydroxylation is 2. The maximum absolute atomic E-state index is 12.6. The second-order valence-electron chi connectivity index (χ2n) is 12.6. The summed E-state index contributed by atoms with van der Waals surface area (Å²) in [6.07, 6.45) is 11.5. The second kappa shape index (κ2) is 17.4. The summed E-state index contributed by atoms with van der Waals surface area (Å²) in [5.74, 6) is -0.298. The van der Waals surface area contributed by atoms with Crippen LogP contribution in [0, 0.1) is 13.8 Å². The quantitative estimate of drug-likeness (QED) is 0.132. The predicted octanol–water partition coefficient (Wildman–Crippen LogP) is 8.93. The highest BCUT2D eigenvalue weighted by Crippen LogP contribution is 2.34. The Morgan fingerprint density at radius 2 is 1.17 bits per heavy atom. The number of aliphatic hydroxyl groups is 1. The maximum atomic E-state index is 12.6. The molecular formula is C42H40Cl2N4O5. The molecule has 6 aromatic rings. The van der Waals surface area contributed by atoms with Gasteiger partial charge in [0, 0.05) is 99.3 Å². The molecule has 0 aliphatic carbocycles. The average Bonchev–Trinajstić information content (AvgIpc) is 3.76. The first-order valence-corrected chi connectivity index (χ1v) is 17.8. The number of carbonyl (C=O) groups excluding carboxylic acids is 3. The van der Waals surface area contributed by atoms with Crippen LogP contribution in [-0.2, 0) is 33.8 Å². The molecule has 9 nitrogen and oxygen atoms in total. The Morgan fingerprint density at radius 3 is 1.64 bits per heavy atom. The fourth-order valence-electron chi connectivity index (χ4n) is 5.91. The number of pyridine rings is 2. The van der Waals surface area contributed by atoms with Crippen molar-refractivity contribution in [1.29, 1.82) is 0 Å². The second-order valence-corrected chi connectivity index (χ2v) is 13.4.